The number of fused-ring (bicyclic) bond motifs is 1. The Hall–Kier alpha value is -3.48. The van der Waals surface area contributed by atoms with Crippen LogP contribution < -0.4 is 5.32 Å². The van der Waals surface area contributed by atoms with E-state index in [1.165, 1.54) is 0 Å². The predicted octanol–water partition coefficient (Wildman–Crippen LogP) is 3.12. The van der Waals surface area contributed by atoms with E-state index in [1.54, 1.807) is 24.3 Å². The SMILES string of the molecule is CCc1cccc(NC(=O)COC(=O)CCCN2C(=O)c3ccc(C)cc3C2=O)c1. The Morgan fingerprint density at radius 3 is 2.57 bits per heavy atom. The van der Waals surface area contributed by atoms with Gasteiger partial charge in [-0.1, -0.05) is 30.7 Å². The summed E-state index contributed by atoms with van der Waals surface area (Å²) in [4.78, 5) is 49.8. The minimum absolute atomic E-state index is 0.00499. The molecule has 0 bridgehead atoms. The standard InChI is InChI=1S/C23H24N2O5/c1-3-16-6-4-7-17(13-16)24-20(26)14-30-21(27)8-5-11-25-22(28)18-10-9-15(2)12-19(18)23(25)29/h4,6-7,9-10,12-13H,3,5,8,11,14H2,1-2H3,(H,24,26). The lowest BCUT2D eigenvalue weighted by atomic mass is 10.1. The molecule has 0 fully saturated rings. The Morgan fingerprint density at radius 1 is 1.03 bits per heavy atom. The lowest BCUT2D eigenvalue weighted by Crippen LogP contribution is -2.31. The van der Waals surface area contributed by atoms with Crippen molar-refractivity contribution in [1.82, 2.24) is 4.90 Å². The van der Waals surface area contributed by atoms with E-state index in [4.69, 9.17) is 4.74 Å². The molecule has 3 rings (SSSR count). The van der Waals surface area contributed by atoms with Crippen LogP contribution in [-0.4, -0.2) is 41.7 Å². The van der Waals surface area contributed by atoms with Crippen molar-refractivity contribution in [2.75, 3.05) is 18.5 Å². The van der Waals surface area contributed by atoms with Crippen LogP contribution in [0, 0.1) is 6.92 Å². The number of anilines is 1. The molecule has 2 aromatic carbocycles. The molecule has 1 aliphatic heterocycles. The van der Waals surface area contributed by atoms with Crippen LogP contribution in [0.2, 0.25) is 0 Å². The second kappa shape index (κ2) is 9.35. The van der Waals surface area contributed by atoms with Gasteiger partial charge in [0.2, 0.25) is 0 Å². The van der Waals surface area contributed by atoms with Crippen molar-refractivity contribution in [3.63, 3.8) is 0 Å². The van der Waals surface area contributed by atoms with Gasteiger partial charge in [-0.3, -0.25) is 24.1 Å². The molecule has 0 radical (unpaired) electrons. The molecule has 30 heavy (non-hydrogen) atoms. The number of nitrogens with one attached hydrogen (secondary N) is 1. The number of esters is 1. The Balaban J connectivity index is 1.41. The fraction of sp³-hybridized carbons (Fsp3) is 0.304. The number of carbonyl (C=O) groups is 4. The molecule has 1 N–H and O–H groups in total. The highest BCUT2D eigenvalue weighted by atomic mass is 16.5. The van der Waals surface area contributed by atoms with Crippen molar-refractivity contribution in [3.05, 3.63) is 64.7 Å². The van der Waals surface area contributed by atoms with Gasteiger partial charge < -0.3 is 10.1 Å². The van der Waals surface area contributed by atoms with E-state index in [-0.39, 0.29) is 37.8 Å². The van der Waals surface area contributed by atoms with E-state index in [2.05, 4.69) is 5.32 Å². The minimum Gasteiger partial charge on any atom is -0.456 e. The molecule has 0 atom stereocenters. The number of nitrogens with zero attached hydrogens (tertiary/aromatic N) is 1. The maximum atomic E-state index is 12.4. The average molecular weight is 408 g/mol. The van der Waals surface area contributed by atoms with Crippen molar-refractivity contribution in [2.24, 2.45) is 0 Å². The Kier molecular flexibility index (Phi) is 6.61. The molecule has 0 saturated carbocycles. The first-order valence-corrected chi connectivity index (χ1v) is 9.90. The van der Waals surface area contributed by atoms with Gasteiger partial charge in [0, 0.05) is 18.7 Å². The smallest absolute Gasteiger partial charge is 0.306 e. The monoisotopic (exact) mass is 408 g/mol. The molecular formula is C23H24N2O5. The molecule has 0 unspecified atom stereocenters. The van der Waals surface area contributed by atoms with Gasteiger partial charge in [0.15, 0.2) is 6.61 Å². The van der Waals surface area contributed by atoms with Crippen LogP contribution in [0.4, 0.5) is 5.69 Å². The van der Waals surface area contributed by atoms with Crippen molar-refractivity contribution < 1.29 is 23.9 Å². The molecule has 1 heterocycles. The highest BCUT2D eigenvalue weighted by Gasteiger charge is 2.35. The third kappa shape index (κ3) is 4.92. The van der Waals surface area contributed by atoms with Crippen molar-refractivity contribution in [3.8, 4) is 0 Å². The summed E-state index contributed by atoms with van der Waals surface area (Å²) in [5.41, 5.74) is 3.42. The summed E-state index contributed by atoms with van der Waals surface area (Å²) >= 11 is 0. The van der Waals surface area contributed by atoms with Gasteiger partial charge in [-0.2, -0.15) is 0 Å². The third-order valence-electron chi connectivity index (χ3n) is 4.87. The molecular weight excluding hydrogens is 384 g/mol. The summed E-state index contributed by atoms with van der Waals surface area (Å²) in [5.74, 6) is -1.68. The number of benzene rings is 2. The largest absolute Gasteiger partial charge is 0.456 e. The average Bonchev–Trinajstić information content (AvgIpc) is 2.96. The summed E-state index contributed by atoms with van der Waals surface area (Å²) in [6, 6.07) is 12.6. The van der Waals surface area contributed by atoms with Crippen LogP contribution in [0.25, 0.3) is 0 Å². The van der Waals surface area contributed by atoms with Crippen molar-refractivity contribution in [2.45, 2.75) is 33.1 Å². The van der Waals surface area contributed by atoms with Crippen LogP contribution in [0.5, 0.6) is 0 Å². The highest BCUT2D eigenvalue weighted by molar-refractivity contribution is 6.21. The van der Waals surface area contributed by atoms with E-state index >= 15 is 0 Å². The van der Waals surface area contributed by atoms with Crippen LogP contribution in [0.1, 0.15) is 51.6 Å². The molecule has 156 valence electrons. The van der Waals surface area contributed by atoms with Crippen molar-refractivity contribution >= 4 is 29.4 Å². The van der Waals surface area contributed by atoms with Gasteiger partial charge in [-0.15, -0.1) is 0 Å². The first kappa shape index (κ1) is 21.2. The third-order valence-corrected chi connectivity index (χ3v) is 4.87. The lowest BCUT2D eigenvalue weighted by molar-refractivity contribution is -0.147. The molecule has 7 heteroatoms. The zero-order valence-corrected chi connectivity index (χ0v) is 17.1. The number of imide groups is 1. The number of carbonyl (C=O) groups excluding carboxylic acids is 4. The number of hydrogen-bond acceptors (Lipinski definition) is 5. The summed E-state index contributed by atoms with van der Waals surface area (Å²) in [7, 11) is 0. The lowest BCUT2D eigenvalue weighted by Gasteiger charge is -2.13. The molecule has 3 amide bonds. The first-order chi connectivity index (χ1) is 14.4. The van der Waals surface area contributed by atoms with E-state index in [0.29, 0.717) is 16.8 Å². The van der Waals surface area contributed by atoms with E-state index in [0.717, 1.165) is 22.4 Å². The number of rotatable bonds is 8. The number of hydrogen-bond donors (Lipinski definition) is 1. The van der Waals surface area contributed by atoms with Crippen LogP contribution in [0.15, 0.2) is 42.5 Å². The fourth-order valence-electron chi connectivity index (χ4n) is 3.27. The Labute approximate surface area is 175 Å². The summed E-state index contributed by atoms with van der Waals surface area (Å²) in [5, 5.41) is 2.69. The van der Waals surface area contributed by atoms with Crippen molar-refractivity contribution in [1.29, 1.82) is 0 Å². The minimum atomic E-state index is -0.556. The van der Waals surface area contributed by atoms with Gasteiger partial charge in [-0.25, -0.2) is 0 Å². The van der Waals surface area contributed by atoms with E-state index in [1.807, 2.05) is 32.0 Å². The highest BCUT2D eigenvalue weighted by Crippen LogP contribution is 2.24. The summed E-state index contributed by atoms with van der Waals surface area (Å²) < 4.78 is 4.99. The fourth-order valence-corrected chi connectivity index (χ4v) is 3.27. The second-order valence-electron chi connectivity index (χ2n) is 7.18. The maximum absolute atomic E-state index is 12.4. The topological polar surface area (TPSA) is 92.8 Å². The van der Waals surface area contributed by atoms with Crippen LogP contribution in [0.3, 0.4) is 0 Å². The van der Waals surface area contributed by atoms with Gasteiger partial charge in [0.05, 0.1) is 11.1 Å². The molecule has 2 aromatic rings. The predicted molar refractivity (Wildman–Crippen MR) is 111 cm³/mol. The maximum Gasteiger partial charge on any atom is 0.306 e. The summed E-state index contributed by atoms with van der Waals surface area (Å²) in [6.07, 6.45) is 1.12. The van der Waals surface area contributed by atoms with Crippen LogP contribution in [-0.2, 0) is 20.7 Å². The van der Waals surface area contributed by atoms with Gasteiger partial charge in [0.1, 0.15) is 0 Å². The Bertz CT molecular complexity index is 999. The molecule has 0 aliphatic carbocycles. The van der Waals surface area contributed by atoms with Gasteiger partial charge in [0.25, 0.3) is 17.7 Å². The number of amides is 3. The molecule has 0 aromatic heterocycles. The Morgan fingerprint density at radius 2 is 1.80 bits per heavy atom. The molecule has 0 spiro atoms. The molecule has 0 saturated heterocycles. The van der Waals surface area contributed by atoms with Gasteiger partial charge in [-0.05, 0) is 49.6 Å². The summed E-state index contributed by atoms with van der Waals surface area (Å²) in [6.45, 7) is 3.61. The van der Waals surface area contributed by atoms with E-state index in [9.17, 15) is 19.2 Å². The van der Waals surface area contributed by atoms with Gasteiger partial charge >= 0.3 is 5.97 Å². The molecule has 7 nitrogen and oxygen atoms in total. The zero-order valence-electron chi connectivity index (χ0n) is 17.1. The van der Waals surface area contributed by atoms with E-state index < -0.39 is 11.9 Å². The molecule has 1 aliphatic rings. The van der Waals surface area contributed by atoms with Crippen LogP contribution >= 0.6 is 0 Å². The zero-order chi connectivity index (χ0) is 21.7. The quantitative estimate of drug-likeness (QED) is 0.535. The normalized spacial score (nSPS) is 12.7. The first-order valence-electron chi connectivity index (χ1n) is 9.90. The number of aryl methyl sites for hydroxylation is 2. The second-order valence-corrected chi connectivity index (χ2v) is 7.18. The number of ether oxygens (including phenoxy) is 1.